The highest BCUT2D eigenvalue weighted by atomic mass is 16.5. The summed E-state index contributed by atoms with van der Waals surface area (Å²) in [5.74, 6) is -0.132. The highest BCUT2D eigenvalue weighted by Gasteiger charge is 2.37. The molecule has 2 aliphatic rings. The molecule has 0 radical (unpaired) electrons. The Balaban J connectivity index is 1.92. The molecule has 1 aliphatic heterocycles. The van der Waals surface area contributed by atoms with Gasteiger partial charge in [-0.3, -0.25) is 14.4 Å². The first kappa shape index (κ1) is 18.7. The summed E-state index contributed by atoms with van der Waals surface area (Å²) in [6, 6.07) is 0. The van der Waals surface area contributed by atoms with E-state index >= 15 is 0 Å². The molecule has 1 aliphatic carbocycles. The summed E-state index contributed by atoms with van der Waals surface area (Å²) >= 11 is 0. The van der Waals surface area contributed by atoms with Crippen molar-refractivity contribution in [3.8, 4) is 0 Å². The summed E-state index contributed by atoms with van der Waals surface area (Å²) in [6.07, 6.45) is 3.77. The third kappa shape index (κ3) is 5.19. The molecule has 0 aromatic heterocycles. The fourth-order valence-electron chi connectivity index (χ4n) is 3.09. The zero-order chi connectivity index (χ0) is 17.5. The Hall–Kier alpha value is -1.63. The Morgan fingerprint density at radius 3 is 2.46 bits per heavy atom. The second-order valence-electron chi connectivity index (χ2n) is 6.54. The van der Waals surface area contributed by atoms with Gasteiger partial charge in [-0.1, -0.05) is 0 Å². The Bertz CT molecular complexity index is 464. The van der Waals surface area contributed by atoms with Gasteiger partial charge in [0.05, 0.1) is 26.1 Å². The molecule has 0 aromatic carbocycles. The van der Waals surface area contributed by atoms with Crippen molar-refractivity contribution in [1.29, 1.82) is 0 Å². The number of hydrogen-bond acceptors (Lipinski definition) is 5. The fraction of sp³-hybridized carbons (Fsp3) is 0.824. The SMILES string of the molecule is COCCN(CCC(=O)OC)C(=O)[C@H]1CCCN(C(=O)C2CC2)C1. The van der Waals surface area contributed by atoms with Crippen molar-refractivity contribution >= 4 is 17.8 Å². The molecule has 1 saturated carbocycles. The van der Waals surface area contributed by atoms with E-state index in [2.05, 4.69) is 4.74 Å². The van der Waals surface area contributed by atoms with Crippen molar-refractivity contribution in [3.63, 3.8) is 0 Å². The van der Waals surface area contributed by atoms with E-state index < -0.39 is 0 Å². The first-order valence-electron chi connectivity index (χ1n) is 8.70. The minimum absolute atomic E-state index is 0.00394. The van der Waals surface area contributed by atoms with Gasteiger partial charge in [0.2, 0.25) is 11.8 Å². The molecular formula is C17H28N2O5. The third-order valence-corrected chi connectivity index (χ3v) is 4.70. The van der Waals surface area contributed by atoms with E-state index in [1.54, 1.807) is 12.0 Å². The molecule has 0 aromatic rings. The summed E-state index contributed by atoms with van der Waals surface area (Å²) in [5, 5.41) is 0. The van der Waals surface area contributed by atoms with E-state index in [9.17, 15) is 14.4 Å². The zero-order valence-electron chi connectivity index (χ0n) is 14.7. The number of carbonyl (C=O) groups is 3. The molecule has 2 fully saturated rings. The molecule has 1 saturated heterocycles. The number of likely N-dealkylation sites (tertiary alicyclic amines) is 1. The van der Waals surface area contributed by atoms with Gasteiger partial charge in [0.25, 0.3) is 0 Å². The molecule has 1 heterocycles. The van der Waals surface area contributed by atoms with Crippen LogP contribution in [0.4, 0.5) is 0 Å². The third-order valence-electron chi connectivity index (χ3n) is 4.70. The number of ether oxygens (including phenoxy) is 2. The van der Waals surface area contributed by atoms with Crippen LogP contribution in [0.2, 0.25) is 0 Å². The molecule has 0 bridgehead atoms. The fourth-order valence-corrected chi connectivity index (χ4v) is 3.09. The van der Waals surface area contributed by atoms with E-state index in [1.165, 1.54) is 7.11 Å². The monoisotopic (exact) mass is 340 g/mol. The maximum Gasteiger partial charge on any atom is 0.307 e. The van der Waals surface area contributed by atoms with Crippen LogP contribution in [0.25, 0.3) is 0 Å². The predicted octanol–water partition coefficient (Wildman–Crippen LogP) is 0.673. The standard InChI is InChI=1S/C17H28N2O5/c1-23-11-10-18(9-7-15(20)24-2)17(22)14-4-3-8-19(12-14)16(21)13-5-6-13/h13-14H,3-12H2,1-2H3/t14-/m0/s1. The van der Waals surface area contributed by atoms with E-state index in [-0.39, 0.29) is 36.0 Å². The van der Waals surface area contributed by atoms with Gasteiger partial charge in [0.15, 0.2) is 0 Å². The van der Waals surface area contributed by atoms with Crippen LogP contribution in [0, 0.1) is 11.8 Å². The Morgan fingerprint density at radius 1 is 1.08 bits per heavy atom. The highest BCUT2D eigenvalue weighted by molar-refractivity contribution is 5.84. The molecule has 0 unspecified atom stereocenters. The number of hydrogen-bond donors (Lipinski definition) is 0. The van der Waals surface area contributed by atoms with Gasteiger partial charge in [-0.2, -0.15) is 0 Å². The number of methoxy groups -OCH3 is 2. The average molecular weight is 340 g/mol. The first-order chi connectivity index (χ1) is 11.6. The minimum Gasteiger partial charge on any atom is -0.469 e. The lowest BCUT2D eigenvalue weighted by atomic mass is 9.96. The molecule has 2 rings (SSSR count). The maximum atomic E-state index is 12.8. The summed E-state index contributed by atoms with van der Waals surface area (Å²) in [6.45, 7) is 2.43. The van der Waals surface area contributed by atoms with E-state index in [4.69, 9.17) is 4.74 Å². The van der Waals surface area contributed by atoms with Gasteiger partial charge in [0.1, 0.15) is 0 Å². The van der Waals surface area contributed by atoms with Gasteiger partial charge >= 0.3 is 5.97 Å². The van der Waals surface area contributed by atoms with Gasteiger partial charge in [-0.05, 0) is 25.7 Å². The van der Waals surface area contributed by atoms with Gasteiger partial charge in [-0.25, -0.2) is 0 Å². The Kier molecular flexibility index (Phi) is 7.02. The van der Waals surface area contributed by atoms with E-state index in [0.717, 1.165) is 32.2 Å². The smallest absolute Gasteiger partial charge is 0.307 e. The topological polar surface area (TPSA) is 76.2 Å². The van der Waals surface area contributed by atoms with Gasteiger partial charge < -0.3 is 19.3 Å². The lowest BCUT2D eigenvalue weighted by molar-refractivity contribution is -0.144. The molecule has 0 spiro atoms. The largest absolute Gasteiger partial charge is 0.469 e. The second-order valence-corrected chi connectivity index (χ2v) is 6.54. The minimum atomic E-state index is -0.334. The van der Waals surface area contributed by atoms with Crippen molar-refractivity contribution in [2.75, 3.05) is 47.0 Å². The van der Waals surface area contributed by atoms with Gasteiger partial charge in [0, 0.05) is 39.2 Å². The van der Waals surface area contributed by atoms with E-state index in [1.807, 2.05) is 4.90 Å². The van der Waals surface area contributed by atoms with Crippen molar-refractivity contribution in [2.45, 2.75) is 32.1 Å². The van der Waals surface area contributed by atoms with Crippen LogP contribution < -0.4 is 0 Å². The lowest BCUT2D eigenvalue weighted by Gasteiger charge is -2.35. The predicted molar refractivity (Wildman–Crippen MR) is 87.1 cm³/mol. The van der Waals surface area contributed by atoms with Crippen molar-refractivity contribution in [2.24, 2.45) is 11.8 Å². The summed E-state index contributed by atoms with van der Waals surface area (Å²) < 4.78 is 9.72. The highest BCUT2D eigenvalue weighted by Crippen LogP contribution is 2.32. The zero-order valence-corrected chi connectivity index (χ0v) is 14.7. The lowest BCUT2D eigenvalue weighted by Crippen LogP contribution is -2.48. The van der Waals surface area contributed by atoms with E-state index in [0.29, 0.717) is 26.2 Å². The number of nitrogens with zero attached hydrogens (tertiary/aromatic N) is 2. The number of rotatable bonds is 8. The van der Waals surface area contributed by atoms with Crippen LogP contribution in [0.5, 0.6) is 0 Å². The van der Waals surface area contributed by atoms with Gasteiger partial charge in [-0.15, -0.1) is 0 Å². The maximum absolute atomic E-state index is 12.8. The summed E-state index contributed by atoms with van der Waals surface area (Å²) in [5.41, 5.74) is 0. The average Bonchev–Trinajstić information content (AvgIpc) is 3.45. The molecule has 7 heteroatoms. The van der Waals surface area contributed by atoms with Crippen molar-refractivity contribution in [3.05, 3.63) is 0 Å². The van der Waals surface area contributed by atoms with Crippen LogP contribution in [0.3, 0.4) is 0 Å². The molecular weight excluding hydrogens is 312 g/mol. The molecule has 1 atom stereocenters. The molecule has 2 amide bonds. The summed E-state index contributed by atoms with van der Waals surface area (Å²) in [4.78, 5) is 40.0. The Morgan fingerprint density at radius 2 is 1.83 bits per heavy atom. The number of carbonyl (C=O) groups excluding carboxylic acids is 3. The number of piperidine rings is 1. The van der Waals surface area contributed by atoms with Crippen molar-refractivity contribution in [1.82, 2.24) is 9.80 Å². The molecule has 136 valence electrons. The number of amides is 2. The Labute approximate surface area is 143 Å². The molecule has 0 N–H and O–H groups in total. The van der Waals surface area contributed by atoms with Crippen LogP contribution in [0.15, 0.2) is 0 Å². The quantitative estimate of drug-likeness (QED) is 0.607. The van der Waals surface area contributed by atoms with Crippen LogP contribution in [0.1, 0.15) is 32.1 Å². The number of esters is 1. The summed E-state index contributed by atoms with van der Waals surface area (Å²) in [7, 11) is 2.92. The first-order valence-corrected chi connectivity index (χ1v) is 8.70. The molecule has 24 heavy (non-hydrogen) atoms. The van der Waals surface area contributed by atoms with Crippen molar-refractivity contribution < 1.29 is 23.9 Å². The van der Waals surface area contributed by atoms with Crippen LogP contribution >= 0.6 is 0 Å². The van der Waals surface area contributed by atoms with Crippen LogP contribution in [-0.4, -0.2) is 74.6 Å². The normalized spacial score (nSPS) is 20.6. The molecule has 7 nitrogen and oxygen atoms in total. The second kappa shape index (κ2) is 9.01. The van der Waals surface area contributed by atoms with Crippen LogP contribution in [-0.2, 0) is 23.9 Å².